The van der Waals surface area contributed by atoms with Crippen LogP contribution in [-0.4, -0.2) is 21.9 Å². The molecule has 0 radical (unpaired) electrons. The second-order valence-electron chi connectivity index (χ2n) is 4.14. The van der Waals surface area contributed by atoms with E-state index >= 15 is 0 Å². The zero-order chi connectivity index (χ0) is 11.0. The summed E-state index contributed by atoms with van der Waals surface area (Å²) in [4.78, 5) is 0. The highest BCUT2D eigenvalue weighted by atomic mass is 35.5. The van der Waals surface area contributed by atoms with Gasteiger partial charge in [0.25, 0.3) is 0 Å². The number of halogens is 1. The Balaban J connectivity index is 1.93. The van der Waals surface area contributed by atoms with Gasteiger partial charge in [0.1, 0.15) is 5.15 Å². The van der Waals surface area contributed by atoms with Crippen molar-refractivity contribution in [1.29, 1.82) is 0 Å². The maximum Gasteiger partial charge on any atom is 0.132 e. The molecule has 0 spiro atoms. The Hall–Kier alpha value is -0.580. The molecule has 1 aromatic rings. The Morgan fingerprint density at radius 2 is 2.27 bits per heavy atom. The summed E-state index contributed by atoms with van der Waals surface area (Å²) >= 11 is 6.08. The van der Waals surface area contributed by atoms with E-state index in [1.807, 2.05) is 14.0 Å². The number of rotatable bonds is 3. The zero-order valence-electron chi connectivity index (χ0n) is 9.03. The van der Waals surface area contributed by atoms with Crippen molar-refractivity contribution in [2.45, 2.75) is 38.5 Å². The Labute approximate surface area is 94.3 Å². The molecule has 1 saturated carbocycles. The van der Waals surface area contributed by atoms with E-state index in [1.165, 1.54) is 0 Å². The number of ether oxygens (including phenoxy) is 1. The van der Waals surface area contributed by atoms with Gasteiger partial charge < -0.3 is 10.5 Å². The van der Waals surface area contributed by atoms with Crippen molar-refractivity contribution in [3.05, 3.63) is 16.4 Å². The van der Waals surface area contributed by atoms with Gasteiger partial charge in [-0.1, -0.05) is 11.6 Å². The molecular weight excluding hydrogens is 214 g/mol. The monoisotopic (exact) mass is 229 g/mol. The molecule has 0 amide bonds. The van der Waals surface area contributed by atoms with Crippen LogP contribution in [0.4, 0.5) is 0 Å². The summed E-state index contributed by atoms with van der Waals surface area (Å²) in [6.45, 7) is 2.48. The third-order valence-corrected chi connectivity index (χ3v) is 3.34. The van der Waals surface area contributed by atoms with Crippen molar-refractivity contribution >= 4 is 11.6 Å². The first-order chi connectivity index (χ1) is 7.08. The van der Waals surface area contributed by atoms with E-state index in [-0.39, 0.29) is 0 Å². The largest absolute Gasteiger partial charge is 0.373 e. The fraction of sp³-hybridized carbons (Fsp3) is 0.700. The van der Waals surface area contributed by atoms with Crippen LogP contribution >= 0.6 is 11.6 Å². The van der Waals surface area contributed by atoms with Crippen molar-refractivity contribution in [1.82, 2.24) is 9.78 Å². The van der Waals surface area contributed by atoms with E-state index in [1.54, 1.807) is 4.68 Å². The van der Waals surface area contributed by atoms with Crippen molar-refractivity contribution in [3.8, 4) is 0 Å². The van der Waals surface area contributed by atoms with Gasteiger partial charge in [-0.3, -0.25) is 4.68 Å². The second-order valence-corrected chi connectivity index (χ2v) is 4.50. The second kappa shape index (κ2) is 4.12. The van der Waals surface area contributed by atoms with E-state index in [0.717, 1.165) is 24.1 Å². The Morgan fingerprint density at radius 3 is 2.73 bits per heavy atom. The Bertz CT molecular complexity index is 358. The lowest BCUT2D eigenvalue weighted by molar-refractivity contribution is -0.0190. The van der Waals surface area contributed by atoms with Crippen LogP contribution in [0.3, 0.4) is 0 Å². The smallest absolute Gasteiger partial charge is 0.132 e. The third-order valence-electron chi connectivity index (χ3n) is 2.86. The van der Waals surface area contributed by atoms with Crippen molar-refractivity contribution in [2.75, 3.05) is 0 Å². The van der Waals surface area contributed by atoms with Crippen LogP contribution in [0.25, 0.3) is 0 Å². The topological polar surface area (TPSA) is 53.1 Å². The minimum Gasteiger partial charge on any atom is -0.373 e. The molecule has 0 aromatic carbocycles. The van der Waals surface area contributed by atoms with Crippen molar-refractivity contribution in [3.63, 3.8) is 0 Å². The summed E-state index contributed by atoms with van der Waals surface area (Å²) in [6, 6.07) is 0.320. The standard InChI is InChI=1S/C10H16ClN3O/c1-6-9(10(11)14(2)13-6)5-15-8-3-7(12)4-8/h7-8H,3-5,12H2,1-2H3. The lowest BCUT2D eigenvalue weighted by Gasteiger charge is -2.32. The van der Waals surface area contributed by atoms with Crippen LogP contribution in [-0.2, 0) is 18.4 Å². The number of aryl methyl sites for hydroxylation is 2. The normalized spacial score (nSPS) is 25.3. The van der Waals surface area contributed by atoms with Gasteiger partial charge in [-0.05, 0) is 19.8 Å². The molecule has 1 aliphatic rings. The van der Waals surface area contributed by atoms with Crippen LogP contribution in [0.15, 0.2) is 0 Å². The van der Waals surface area contributed by atoms with Gasteiger partial charge in [-0.2, -0.15) is 5.10 Å². The number of hydrogen-bond donors (Lipinski definition) is 1. The highest BCUT2D eigenvalue weighted by Crippen LogP contribution is 2.25. The van der Waals surface area contributed by atoms with Gasteiger partial charge in [-0.15, -0.1) is 0 Å². The number of hydrogen-bond acceptors (Lipinski definition) is 3. The van der Waals surface area contributed by atoms with Crippen LogP contribution in [0.5, 0.6) is 0 Å². The fourth-order valence-electron chi connectivity index (χ4n) is 1.78. The quantitative estimate of drug-likeness (QED) is 0.852. The first-order valence-electron chi connectivity index (χ1n) is 5.13. The first-order valence-corrected chi connectivity index (χ1v) is 5.51. The minimum absolute atomic E-state index is 0.302. The summed E-state index contributed by atoms with van der Waals surface area (Å²) < 4.78 is 7.36. The molecule has 84 valence electrons. The molecule has 0 atom stereocenters. The predicted molar refractivity (Wildman–Crippen MR) is 58.7 cm³/mol. The molecule has 5 heteroatoms. The molecule has 0 saturated heterocycles. The molecule has 0 aliphatic heterocycles. The highest BCUT2D eigenvalue weighted by molar-refractivity contribution is 6.30. The maximum absolute atomic E-state index is 6.08. The average molecular weight is 230 g/mol. The lowest BCUT2D eigenvalue weighted by Crippen LogP contribution is -2.41. The Kier molecular flexibility index (Phi) is 3.00. The van der Waals surface area contributed by atoms with Crippen molar-refractivity contribution in [2.24, 2.45) is 12.8 Å². The molecule has 0 bridgehead atoms. The Morgan fingerprint density at radius 1 is 1.60 bits per heavy atom. The lowest BCUT2D eigenvalue weighted by atomic mass is 9.90. The van der Waals surface area contributed by atoms with E-state index in [9.17, 15) is 0 Å². The number of aromatic nitrogens is 2. The van der Waals surface area contributed by atoms with Gasteiger partial charge in [0, 0.05) is 18.7 Å². The van der Waals surface area contributed by atoms with Crippen LogP contribution < -0.4 is 5.73 Å². The number of nitrogens with zero attached hydrogens (tertiary/aromatic N) is 2. The molecule has 1 heterocycles. The maximum atomic E-state index is 6.08. The molecule has 1 aromatic heterocycles. The molecule has 1 aliphatic carbocycles. The van der Waals surface area contributed by atoms with E-state index in [2.05, 4.69) is 5.10 Å². The van der Waals surface area contributed by atoms with Crippen LogP contribution in [0.2, 0.25) is 5.15 Å². The predicted octanol–water partition coefficient (Wildman–Crippen LogP) is 1.39. The zero-order valence-corrected chi connectivity index (χ0v) is 9.79. The SMILES string of the molecule is Cc1nn(C)c(Cl)c1COC1CC(N)C1. The molecule has 2 rings (SSSR count). The summed E-state index contributed by atoms with van der Waals surface area (Å²) in [5.41, 5.74) is 7.60. The summed E-state index contributed by atoms with van der Waals surface area (Å²) in [5.74, 6) is 0. The fourth-order valence-corrected chi connectivity index (χ4v) is 2.01. The van der Waals surface area contributed by atoms with E-state index in [4.69, 9.17) is 22.1 Å². The number of nitrogens with two attached hydrogens (primary N) is 1. The molecule has 1 fully saturated rings. The van der Waals surface area contributed by atoms with Gasteiger partial charge >= 0.3 is 0 Å². The van der Waals surface area contributed by atoms with Gasteiger partial charge in [-0.25, -0.2) is 0 Å². The van der Waals surface area contributed by atoms with Gasteiger partial charge in [0.05, 0.1) is 18.4 Å². The summed E-state index contributed by atoms with van der Waals surface area (Å²) in [6.07, 6.45) is 2.21. The molecule has 2 N–H and O–H groups in total. The molecule has 0 unspecified atom stereocenters. The average Bonchev–Trinajstić information content (AvgIpc) is 2.36. The van der Waals surface area contributed by atoms with Gasteiger partial charge in [0.2, 0.25) is 0 Å². The first kappa shape index (κ1) is 10.9. The highest BCUT2D eigenvalue weighted by Gasteiger charge is 2.27. The van der Waals surface area contributed by atoms with Crippen molar-refractivity contribution < 1.29 is 4.74 Å². The minimum atomic E-state index is 0.302. The van der Waals surface area contributed by atoms with Crippen LogP contribution in [0.1, 0.15) is 24.1 Å². The van der Waals surface area contributed by atoms with Crippen LogP contribution in [0, 0.1) is 6.92 Å². The summed E-state index contributed by atoms with van der Waals surface area (Å²) in [7, 11) is 1.83. The third kappa shape index (κ3) is 2.17. The molecule has 15 heavy (non-hydrogen) atoms. The molecular formula is C10H16ClN3O. The van der Waals surface area contributed by atoms with E-state index in [0.29, 0.717) is 23.9 Å². The van der Waals surface area contributed by atoms with E-state index < -0.39 is 0 Å². The van der Waals surface area contributed by atoms with Gasteiger partial charge in [0.15, 0.2) is 0 Å². The molecule has 4 nitrogen and oxygen atoms in total. The summed E-state index contributed by atoms with van der Waals surface area (Å²) in [5, 5.41) is 4.89.